The van der Waals surface area contributed by atoms with E-state index in [1.807, 2.05) is 12.1 Å². The largest absolute Gasteiger partial charge is 0.454 e. The van der Waals surface area contributed by atoms with E-state index in [9.17, 15) is 0 Å². The predicted octanol–water partition coefficient (Wildman–Crippen LogP) is 1.98. The number of rotatable bonds is 2. The van der Waals surface area contributed by atoms with Crippen LogP contribution in [0.1, 0.15) is 5.76 Å². The topological polar surface area (TPSA) is 25.7 Å². The Labute approximate surface area is 67.3 Å². The normalized spacial score (nSPS) is 23.1. The van der Waals surface area contributed by atoms with Gasteiger partial charge in [-0.25, -0.2) is 0 Å². The summed E-state index contributed by atoms with van der Waals surface area (Å²) < 4.78 is 11.1. The molecule has 1 aliphatic heterocycles. The first-order chi connectivity index (χ1) is 4.84. The molecule has 2 nitrogen and oxygen atoms in total. The van der Waals surface area contributed by atoms with Crippen LogP contribution in [0.3, 0.4) is 0 Å². The average molecular weight is 203 g/mol. The van der Waals surface area contributed by atoms with E-state index in [1.54, 1.807) is 0 Å². The predicted molar refractivity (Wildman–Crippen MR) is 39.9 cm³/mol. The lowest BCUT2D eigenvalue weighted by Crippen LogP contribution is -1.88. The molecular weight excluding hydrogens is 196 g/mol. The summed E-state index contributed by atoms with van der Waals surface area (Å²) in [5.74, 6) is 0.995. The molecule has 0 amide bonds. The molecule has 3 heteroatoms. The molecule has 1 aromatic rings. The van der Waals surface area contributed by atoms with Crippen molar-refractivity contribution < 1.29 is 9.15 Å². The Morgan fingerprint density at radius 2 is 2.40 bits per heavy atom. The second kappa shape index (κ2) is 2.40. The molecule has 2 rings (SSSR count). The van der Waals surface area contributed by atoms with Crippen LogP contribution in [0.4, 0.5) is 0 Å². The van der Waals surface area contributed by atoms with Crippen LogP contribution in [-0.2, 0) is 11.2 Å². The monoisotopic (exact) mass is 202 g/mol. The second-order valence-corrected chi connectivity index (χ2v) is 3.15. The van der Waals surface area contributed by atoms with E-state index in [-0.39, 0.29) is 0 Å². The van der Waals surface area contributed by atoms with Gasteiger partial charge in [0.1, 0.15) is 5.76 Å². The van der Waals surface area contributed by atoms with Crippen molar-refractivity contribution in [2.45, 2.75) is 12.5 Å². The molecule has 0 N–H and O–H groups in total. The highest BCUT2D eigenvalue weighted by Gasteiger charge is 2.23. The van der Waals surface area contributed by atoms with Gasteiger partial charge in [0.05, 0.1) is 12.7 Å². The van der Waals surface area contributed by atoms with Crippen molar-refractivity contribution in [3.8, 4) is 0 Å². The maximum Gasteiger partial charge on any atom is 0.169 e. The molecule has 0 radical (unpaired) electrons. The Hall–Kier alpha value is -0.280. The van der Waals surface area contributed by atoms with E-state index in [4.69, 9.17) is 9.15 Å². The molecular formula is C7H7BrO2. The molecule has 1 aromatic heterocycles. The lowest BCUT2D eigenvalue weighted by atomic mass is 10.3. The zero-order valence-corrected chi connectivity index (χ0v) is 6.93. The molecule has 1 unspecified atom stereocenters. The van der Waals surface area contributed by atoms with Crippen LogP contribution in [-0.4, -0.2) is 12.7 Å². The molecule has 1 aliphatic rings. The van der Waals surface area contributed by atoms with Crippen molar-refractivity contribution in [1.29, 1.82) is 0 Å². The first kappa shape index (κ1) is 6.43. The fourth-order valence-electron chi connectivity index (χ4n) is 0.872. The fourth-order valence-corrected chi connectivity index (χ4v) is 1.21. The van der Waals surface area contributed by atoms with Crippen LogP contribution in [0.2, 0.25) is 0 Å². The number of halogens is 1. The Morgan fingerprint density at radius 1 is 1.60 bits per heavy atom. The maximum absolute atomic E-state index is 5.27. The van der Waals surface area contributed by atoms with Crippen molar-refractivity contribution in [1.82, 2.24) is 0 Å². The maximum atomic E-state index is 5.27. The fraction of sp³-hybridized carbons (Fsp3) is 0.429. The van der Waals surface area contributed by atoms with Gasteiger partial charge in [-0.2, -0.15) is 0 Å². The minimum atomic E-state index is 0.415. The van der Waals surface area contributed by atoms with Crippen molar-refractivity contribution in [3.63, 3.8) is 0 Å². The van der Waals surface area contributed by atoms with Gasteiger partial charge < -0.3 is 9.15 Å². The first-order valence-electron chi connectivity index (χ1n) is 3.20. The number of furan rings is 1. The number of hydrogen-bond donors (Lipinski definition) is 0. The van der Waals surface area contributed by atoms with Crippen LogP contribution >= 0.6 is 15.9 Å². The molecule has 0 saturated carbocycles. The molecule has 0 spiro atoms. The third-order valence-corrected chi connectivity index (χ3v) is 1.89. The molecule has 0 bridgehead atoms. The van der Waals surface area contributed by atoms with Gasteiger partial charge in [0.15, 0.2) is 4.67 Å². The van der Waals surface area contributed by atoms with Crippen molar-refractivity contribution >= 4 is 15.9 Å². The summed E-state index contributed by atoms with van der Waals surface area (Å²) in [7, 11) is 0. The smallest absolute Gasteiger partial charge is 0.169 e. The summed E-state index contributed by atoms with van der Waals surface area (Å²) in [4.78, 5) is 0. The molecule has 1 atom stereocenters. The lowest BCUT2D eigenvalue weighted by Gasteiger charge is -1.87. The van der Waals surface area contributed by atoms with Gasteiger partial charge in [-0.1, -0.05) is 0 Å². The Bertz CT molecular complexity index is 227. The average Bonchev–Trinajstić information content (AvgIpc) is 2.59. The van der Waals surface area contributed by atoms with Gasteiger partial charge in [0.25, 0.3) is 0 Å². The number of epoxide rings is 1. The van der Waals surface area contributed by atoms with Crippen LogP contribution < -0.4 is 0 Å². The van der Waals surface area contributed by atoms with Gasteiger partial charge in [-0.15, -0.1) is 0 Å². The summed E-state index contributed by atoms with van der Waals surface area (Å²) in [6.07, 6.45) is 1.32. The van der Waals surface area contributed by atoms with E-state index >= 15 is 0 Å². The number of hydrogen-bond acceptors (Lipinski definition) is 2. The Kier molecular flexibility index (Phi) is 1.54. The van der Waals surface area contributed by atoms with E-state index < -0.39 is 0 Å². The minimum absolute atomic E-state index is 0.415. The summed E-state index contributed by atoms with van der Waals surface area (Å²) in [6, 6.07) is 3.86. The van der Waals surface area contributed by atoms with E-state index in [2.05, 4.69) is 15.9 Å². The summed E-state index contributed by atoms with van der Waals surface area (Å²) in [6.45, 7) is 0.887. The standard InChI is InChI=1S/C7H7BrO2/c8-7-2-1-5(10-7)3-6-4-9-6/h1-2,6H,3-4H2. The first-order valence-corrected chi connectivity index (χ1v) is 4.00. The highest BCUT2D eigenvalue weighted by atomic mass is 79.9. The van der Waals surface area contributed by atoms with Gasteiger partial charge in [0, 0.05) is 6.42 Å². The Balaban J connectivity index is 2.03. The van der Waals surface area contributed by atoms with Crippen LogP contribution in [0.5, 0.6) is 0 Å². The van der Waals surface area contributed by atoms with Crippen molar-refractivity contribution in [3.05, 3.63) is 22.6 Å². The third kappa shape index (κ3) is 1.41. The molecule has 0 aromatic carbocycles. The number of ether oxygens (including phenoxy) is 1. The summed E-state index contributed by atoms with van der Waals surface area (Å²) >= 11 is 3.23. The molecule has 0 aliphatic carbocycles. The minimum Gasteiger partial charge on any atom is -0.454 e. The lowest BCUT2D eigenvalue weighted by molar-refractivity contribution is 0.385. The second-order valence-electron chi connectivity index (χ2n) is 2.37. The molecule has 1 saturated heterocycles. The van der Waals surface area contributed by atoms with E-state index in [0.29, 0.717) is 6.10 Å². The van der Waals surface area contributed by atoms with Crippen molar-refractivity contribution in [2.24, 2.45) is 0 Å². The van der Waals surface area contributed by atoms with Crippen LogP contribution in [0, 0.1) is 0 Å². The van der Waals surface area contributed by atoms with Crippen LogP contribution in [0.25, 0.3) is 0 Å². The molecule has 54 valence electrons. The van der Waals surface area contributed by atoms with Crippen molar-refractivity contribution in [2.75, 3.05) is 6.61 Å². The highest BCUT2D eigenvalue weighted by molar-refractivity contribution is 9.10. The summed E-state index contributed by atoms with van der Waals surface area (Å²) in [5.41, 5.74) is 0. The zero-order chi connectivity index (χ0) is 6.97. The Morgan fingerprint density at radius 3 is 2.90 bits per heavy atom. The van der Waals surface area contributed by atoms with E-state index in [1.165, 1.54) is 0 Å². The third-order valence-electron chi connectivity index (χ3n) is 1.46. The van der Waals surface area contributed by atoms with Gasteiger partial charge >= 0.3 is 0 Å². The van der Waals surface area contributed by atoms with Gasteiger partial charge in [-0.05, 0) is 28.1 Å². The van der Waals surface area contributed by atoms with E-state index in [0.717, 1.165) is 23.5 Å². The SMILES string of the molecule is Brc1ccc(CC2CO2)o1. The molecule has 10 heavy (non-hydrogen) atoms. The molecule has 1 fully saturated rings. The highest BCUT2D eigenvalue weighted by Crippen LogP contribution is 2.20. The summed E-state index contributed by atoms with van der Waals surface area (Å²) in [5, 5.41) is 0. The molecule has 2 heterocycles. The van der Waals surface area contributed by atoms with Gasteiger partial charge in [0.2, 0.25) is 0 Å². The quantitative estimate of drug-likeness (QED) is 0.686. The van der Waals surface area contributed by atoms with Crippen LogP contribution in [0.15, 0.2) is 21.2 Å². The van der Waals surface area contributed by atoms with Gasteiger partial charge in [-0.3, -0.25) is 0 Å². The zero-order valence-electron chi connectivity index (χ0n) is 5.34.